The Bertz CT molecular complexity index is 220. The summed E-state index contributed by atoms with van der Waals surface area (Å²) in [4.78, 5) is 0. The van der Waals surface area contributed by atoms with Crippen LogP contribution in [0.4, 0.5) is 0 Å². The lowest BCUT2D eigenvalue weighted by Crippen LogP contribution is -2.37. The molecule has 2 heteroatoms. The van der Waals surface area contributed by atoms with E-state index >= 15 is 0 Å². The Kier molecular flexibility index (Phi) is 5.21. The molecular formula is C14H28O2. The zero-order chi connectivity index (χ0) is 13.1. The average molecular weight is 228 g/mol. The highest BCUT2D eigenvalue weighted by molar-refractivity contribution is 4.93. The van der Waals surface area contributed by atoms with Crippen molar-refractivity contribution >= 4 is 0 Å². The minimum Gasteiger partial charge on any atom is -0.393 e. The van der Waals surface area contributed by atoms with E-state index in [2.05, 4.69) is 6.58 Å². The highest BCUT2D eigenvalue weighted by atomic mass is 16.3. The van der Waals surface area contributed by atoms with Crippen LogP contribution in [-0.2, 0) is 0 Å². The summed E-state index contributed by atoms with van der Waals surface area (Å²) in [6.45, 7) is 15.8. The quantitative estimate of drug-likeness (QED) is 0.726. The van der Waals surface area contributed by atoms with Crippen LogP contribution in [0.15, 0.2) is 12.7 Å². The van der Waals surface area contributed by atoms with Crippen molar-refractivity contribution in [1.29, 1.82) is 0 Å². The first-order chi connectivity index (χ1) is 7.00. The summed E-state index contributed by atoms with van der Waals surface area (Å²) in [5.74, 6) is -0.0609. The predicted octanol–water partition coefficient (Wildman–Crippen LogP) is 2.99. The Hall–Kier alpha value is -0.340. The van der Waals surface area contributed by atoms with Crippen LogP contribution in [0.1, 0.15) is 48.0 Å². The molecule has 0 aromatic carbocycles. The molecule has 96 valence electrons. The lowest BCUT2D eigenvalue weighted by atomic mass is 9.76. The van der Waals surface area contributed by atoms with Crippen molar-refractivity contribution in [2.45, 2.75) is 60.2 Å². The third-order valence-electron chi connectivity index (χ3n) is 3.09. The van der Waals surface area contributed by atoms with Crippen molar-refractivity contribution in [1.82, 2.24) is 0 Å². The van der Waals surface area contributed by atoms with Gasteiger partial charge in [0.15, 0.2) is 0 Å². The van der Waals surface area contributed by atoms with E-state index in [9.17, 15) is 10.2 Å². The summed E-state index contributed by atoms with van der Waals surface area (Å²) in [6, 6.07) is 0. The molecule has 16 heavy (non-hydrogen) atoms. The standard InChI is InChI=1S/C14H28O2/c1-8-10(12(16)14(5,6)7)9-11(15)13(2,3)4/h8,10-12,15-16H,1,9H2,2-7H3. The van der Waals surface area contributed by atoms with Gasteiger partial charge < -0.3 is 10.2 Å². The van der Waals surface area contributed by atoms with Gasteiger partial charge in [-0.1, -0.05) is 47.6 Å². The van der Waals surface area contributed by atoms with Crippen molar-refractivity contribution in [2.24, 2.45) is 16.7 Å². The van der Waals surface area contributed by atoms with Crippen molar-refractivity contribution in [3.8, 4) is 0 Å². The van der Waals surface area contributed by atoms with Gasteiger partial charge in [0.25, 0.3) is 0 Å². The lowest BCUT2D eigenvalue weighted by molar-refractivity contribution is -0.0141. The van der Waals surface area contributed by atoms with Crippen LogP contribution < -0.4 is 0 Å². The number of rotatable bonds is 4. The number of hydrogen-bond acceptors (Lipinski definition) is 2. The summed E-state index contributed by atoms with van der Waals surface area (Å²) in [7, 11) is 0. The molecule has 0 rings (SSSR count). The zero-order valence-electron chi connectivity index (χ0n) is 11.6. The topological polar surface area (TPSA) is 40.5 Å². The van der Waals surface area contributed by atoms with Crippen LogP contribution in [0.2, 0.25) is 0 Å². The summed E-state index contributed by atoms with van der Waals surface area (Å²) >= 11 is 0. The minimum absolute atomic E-state index is 0.0609. The highest BCUT2D eigenvalue weighted by Crippen LogP contribution is 2.32. The molecule has 0 spiro atoms. The molecule has 0 heterocycles. The Morgan fingerprint density at radius 2 is 1.44 bits per heavy atom. The molecule has 0 radical (unpaired) electrons. The van der Waals surface area contributed by atoms with Crippen molar-refractivity contribution in [3.63, 3.8) is 0 Å². The summed E-state index contributed by atoms with van der Waals surface area (Å²) in [5, 5.41) is 20.2. The van der Waals surface area contributed by atoms with Gasteiger partial charge in [-0.3, -0.25) is 0 Å². The van der Waals surface area contributed by atoms with Crippen LogP contribution in [0, 0.1) is 16.7 Å². The maximum absolute atomic E-state index is 10.2. The molecule has 0 amide bonds. The number of hydrogen-bond donors (Lipinski definition) is 2. The molecule has 0 fully saturated rings. The number of aliphatic hydroxyl groups excluding tert-OH is 2. The maximum Gasteiger partial charge on any atom is 0.0651 e. The van der Waals surface area contributed by atoms with Crippen LogP contribution in [0.3, 0.4) is 0 Å². The summed E-state index contributed by atoms with van der Waals surface area (Å²) in [5.41, 5.74) is -0.338. The molecule has 3 atom stereocenters. The van der Waals surface area contributed by atoms with Gasteiger partial charge in [-0.15, -0.1) is 6.58 Å². The molecule has 0 aliphatic heterocycles. The minimum atomic E-state index is -0.470. The van der Waals surface area contributed by atoms with E-state index in [-0.39, 0.29) is 16.7 Å². The molecule has 2 nitrogen and oxygen atoms in total. The SMILES string of the molecule is C=CC(CC(O)C(C)(C)C)C(O)C(C)(C)C. The first-order valence-electron chi connectivity index (χ1n) is 5.99. The molecule has 0 aromatic rings. The number of aliphatic hydroxyl groups is 2. The fourth-order valence-electron chi connectivity index (χ4n) is 1.61. The average Bonchev–Trinajstić information content (AvgIpc) is 2.09. The van der Waals surface area contributed by atoms with E-state index in [1.807, 2.05) is 41.5 Å². The van der Waals surface area contributed by atoms with E-state index < -0.39 is 12.2 Å². The second-order valence-corrected chi connectivity index (χ2v) is 6.83. The third kappa shape index (κ3) is 4.67. The van der Waals surface area contributed by atoms with Crippen LogP contribution in [0.5, 0.6) is 0 Å². The first-order valence-corrected chi connectivity index (χ1v) is 5.99. The van der Waals surface area contributed by atoms with E-state index in [4.69, 9.17) is 0 Å². The van der Waals surface area contributed by atoms with E-state index in [1.54, 1.807) is 6.08 Å². The lowest BCUT2D eigenvalue weighted by Gasteiger charge is -2.35. The molecule has 0 saturated carbocycles. The largest absolute Gasteiger partial charge is 0.393 e. The third-order valence-corrected chi connectivity index (χ3v) is 3.09. The van der Waals surface area contributed by atoms with E-state index in [0.29, 0.717) is 6.42 Å². The molecule has 3 unspecified atom stereocenters. The van der Waals surface area contributed by atoms with Gasteiger partial charge in [-0.05, 0) is 17.3 Å². The fourth-order valence-corrected chi connectivity index (χ4v) is 1.61. The van der Waals surface area contributed by atoms with Crippen molar-refractivity contribution < 1.29 is 10.2 Å². The molecule has 0 aliphatic carbocycles. The molecule has 0 bridgehead atoms. The Balaban J connectivity index is 4.60. The predicted molar refractivity (Wildman–Crippen MR) is 69.2 cm³/mol. The normalized spacial score (nSPS) is 19.0. The van der Waals surface area contributed by atoms with Gasteiger partial charge in [-0.25, -0.2) is 0 Å². The summed E-state index contributed by atoms with van der Waals surface area (Å²) in [6.07, 6.45) is 1.42. The molecule has 0 aromatic heterocycles. The molecule has 0 saturated heterocycles. The molecule has 2 N–H and O–H groups in total. The van der Waals surface area contributed by atoms with Gasteiger partial charge in [0.2, 0.25) is 0 Å². The van der Waals surface area contributed by atoms with Gasteiger partial charge >= 0.3 is 0 Å². The van der Waals surface area contributed by atoms with Crippen molar-refractivity contribution in [3.05, 3.63) is 12.7 Å². The first kappa shape index (κ1) is 15.7. The Morgan fingerprint density at radius 3 is 1.69 bits per heavy atom. The van der Waals surface area contributed by atoms with Crippen LogP contribution in [-0.4, -0.2) is 22.4 Å². The van der Waals surface area contributed by atoms with E-state index in [1.165, 1.54) is 0 Å². The van der Waals surface area contributed by atoms with Gasteiger partial charge in [0.05, 0.1) is 12.2 Å². The molecular weight excluding hydrogens is 200 g/mol. The molecule has 0 aliphatic rings. The van der Waals surface area contributed by atoms with Gasteiger partial charge in [0, 0.05) is 5.92 Å². The van der Waals surface area contributed by atoms with E-state index in [0.717, 1.165) is 0 Å². The maximum atomic E-state index is 10.2. The van der Waals surface area contributed by atoms with Crippen LogP contribution >= 0.6 is 0 Å². The van der Waals surface area contributed by atoms with Crippen molar-refractivity contribution in [2.75, 3.05) is 0 Å². The summed E-state index contributed by atoms with van der Waals surface area (Å²) < 4.78 is 0. The fraction of sp³-hybridized carbons (Fsp3) is 0.857. The highest BCUT2D eigenvalue weighted by Gasteiger charge is 2.32. The van der Waals surface area contributed by atoms with Gasteiger partial charge in [0.1, 0.15) is 0 Å². The Morgan fingerprint density at radius 1 is 1.00 bits per heavy atom. The van der Waals surface area contributed by atoms with Gasteiger partial charge in [-0.2, -0.15) is 0 Å². The second-order valence-electron chi connectivity index (χ2n) is 6.83. The Labute approximate surface area is 100 Å². The smallest absolute Gasteiger partial charge is 0.0651 e. The monoisotopic (exact) mass is 228 g/mol. The zero-order valence-corrected chi connectivity index (χ0v) is 11.6. The second kappa shape index (κ2) is 5.33. The van der Waals surface area contributed by atoms with Crippen LogP contribution in [0.25, 0.3) is 0 Å².